The van der Waals surface area contributed by atoms with Crippen LogP contribution in [0.5, 0.6) is 0 Å². The second-order valence-electron chi connectivity index (χ2n) is 6.85. The van der Waals surface area contributed by atoms with Crippen LogP contribution in [0.4, 0.5) is 5.82 Å². The Morgan fingerprint density at radius 1 is 1.31 bits per heavy atom. The molecule has 1 atom stereocenters. The molecular formula is C18H27N7O. The number of hydrogen-bond donors (Lipinski definition) is 2. The van der Waals surface area contributed by atoms with E-state index in [-0.39, 0.29) is 11.7 Å². The summed E-state index contributed by atoms with van der Waals surface area (Å²) >= 11 is 0. The van der Waals surface area contributed by atoms with Crippen molar-refractivity contribution in [1.82, 2.24) is 30.2 Å². The van der Waals surface area contributed by atoms with Crippen molar-refractivity contribution in [3.05, 3.63) is 34.8 Å². The molecular weight excluding hydrogens is 330 g/mol. The fourth-order valence-corrected chi connectivity index (χ4v) is 3.20. The summed E-state index contributed by atoms with van der Waals surface area (Å²) in [6.45, 7) is 8.49. The van der Waals surface area contributed by atoms with Gasteiger partial charge in [-0.3, -0.25) is 4.79 Å². The molecule has 140 valence electrons. The van der Waals surface area contributed by atoms with Crippen LogP contribution in [0, 0.1) is 20.8 Å². The van der Waals surface area contributed by atoms with Crippen LogP contribution in [-0.4, -0.2) is 51.6 Å². The number of amides is 1. The van der Waals surface area contributed by atoms with Crippen molar-refractivity contribution >= 4 is 11.7 Å². The summed E-state index contributed by atoms with van der Waals surface area (Å²) in [7, 11) is 3.63. The molecule has 1 saturated heterocycles. The zero-order valence-electron chi connectivity index (χ0n) is 16.1. The van der Waals surface area contributed by atoms with E-state index in [0.29, 0.717) is 6.04 Å². The lowest BCUT2D eigenvalue weighted by molar-refractivity contribution is 0.0952. The van der Waals surface area contributed by atoms with Crippen LogP contribution < -0.4 is 15.5 Å². The number of rotatable bonds is 5. The van der Waals surface area contributed by atoms with Gasteiger partial charge in [-0.25, -0.2) is 15.0 Å². The Hall–Kier alpha value is -2.48. The molecule has 2 aromatic heterocycles. The van der Waals surface area contributed by atoms with E-state index < -0.39 is 0 Å². The molecule has 0 aromatic carbocycles. The molecule has 1 aliphatic rings. The van der Waals surface area contributed by atoms with Crippen molar-refractivity contribution in [3.8, 4) is 0 Å². The Kier molecular flexibility index (Phi) is 5.22. The first-order valence-electron chi connectivity index (χ1n) is 8.93. The number of carbonyl (C=O) groups is 1. The van der Waals surface area contributed by atoms with Crippen LogP contribution in [0.1, 0.15) is 39.8 Å². The van der Waals surface area contributed by atoms with Gasteiger partial charge in [-0.2, -0.15) is 0 Å². The van der Waals surface area contributed by atoms with E-state index in [1.165, 1.54) is 0 Å². The van der Waals surface area contributed by atoms with Crippen LogP contribution in [0.2, 0.25) is 0 Å². The predicted octanol–water partition coefficient (Wildman–Crippen LogP) is 0.863. The Balaban J connectivity index is 1.69. The number of carbonyl (C=O) groups excluding carboxylic acids is 1. The molecule has 0 spiro atoms. The minimum Gasteiger partial charge on any atom is -0.355 e. The normalized spacial score (nSPS) is 17.0. The molecule has 3 heterocycles. The van der Waals surface area contributed by atoms with Crippen LogP contribution in [0.3, 0.4) is 0 Å². The van der Waals surface area contributed by atoms with Crippen molar-refractivity contribution in [2.45, 2.75) is 39.8 Å². The lowest BCUT2D eigenvalue weighted by Gasteiger charge is -2.21. The molecule has 0 aliphatic carbocycles. The minimum atomic E-state index is -0.256. The van der Waals surface area contributed by atoms with Crippen molar-refractivity contribution in [3.63, 3.8) is 0 Å². The quantitative estimate of drug-likeness (QED) is 0.825. The summed E-state index contributed by atoms with van der Waals surface area (Å²) in [6.07, 6.45) is 2.92. The molecule has 1 amide bonds. The first-order chi connectivity index (χ1) is 12.4. The molecule has 3 rings (SSSR count). The molecule has 0 saturated carbocycles. The van der Waals surface area contributed by atoms with Crippen LogP contribution in [0.15, 0.2) is 6.20 Å². The second-order valence-corrected chi connectivity index (χ2v) is 6.85. The van der Waals surface area contributed by atoms with E-state index in [1.54, 1.807) is 7.05 Å². The molecule has 26 heavy (non-hydrogen) atoms. The van der Waals surface area contributed by atoms with Crippen LogP contribution >= 0.6 is 0 Å². The monoisotopic (exact) mass is 357 g/mol. The van der Waals surface area contributed by atoms with Gasteiger partial charge in [0.2, 0.25) is 5.82 Å². The van der Waals surface area contributed by atoms with E-state index in [1.807, 2.05) is 27.1 Å². The second kappa shape index (κ2) is 7.41. The highest BCUT2D eigenvalue weighted by atomic mass is 16.2. The Labute approximate surface area is 154 Å². The Bertz CT molecular complexity index is 814. The molecule has 8 nitrogen and oxygen atoms in total. The van der Waals surface area contributed by atoms with Gasteiger partial charge in [-0.05, 0) is 27.2 Å². The summed E-state index contributed by atoms with van der Waals surface area (Å²) in [5.41, 5.74) is 3.02. The number of imidazole rings is 1. The van der Waals surface area contributed by atoms with E-state index in [2.05, 4.69) is 42.0 Å². The maximum atomic E-state index is 11.9. The van der Waals surface area contributed by atoms with Crippen LogP contribution in [-0.2, 0) is 13.6 Å². The van der Waals surface area contributed by atoms with E-state index in [0.717, 1.165) is 54.6 Å². The minimum absolute atomic E-state index is 0.227. The third-order valence-electron chi connectivity index (χ3n) is 5.15. The zero-order chi connectivity index (χ0) is 18.8. The van der Waals surface area contributed by atoms with Crippen molar-refractivity contribution in [2.24, 2.45) is 7.05 Å². The third-order valence-corrected chi connectivity index (χ3v) is 5.15. The maximum Gasteiger partial charge on any atom is 0.288 e. The Morgan fingerprint density at radius 2 is 2.08 bits per heavy atom. The summed E-state index contributed by atoms with van der Waals surface area (Å²) in [5.74, 6) is 1.86. The lowest BCUT2D eigenvalue weighted by Crippen LogP contribution is -2.33. The number of aryl methyl sites for hydroxylation is 2. The molecule has 1 fully saturated rings. The molecule has 8 heteroatoms. The number of aromatic nitrogens is 4. The number of nitrogens with zero attached hydrogens (tertiary/aromatic N) is 5. The smallest absolute Gasteiger partial charge is 0.288 e. The topological polar surface area (TPSA) is 88.0 Å². The summed E-state index contributed by atoms with van der Waals surface area (Å²) in [5, 5.41) is 6.18. The van der Waals surface area contributed by atoms with Crippen molar-refractivity contribution in [2.75, 3.05) is 25.0 Å². The predicted molar refractivity (Wildman–Crippen MR) is 100 cm³/mol. The van der Waals surface area contributed by atoms with E-state index in [9.17, 15) is 4.79 Å². The summed E-state index contributed by atoms with van der Waals surface area (Å²) in [4.78, 5) is 27.4. The zero-order valence-corrected chi connectivity index (χ0v) is 16.1. The van der Waals surface area contributed by atoms with Crippen molar-refractivity contribution < 1.29 is 4.79 Å². The van der Waals surface area contributed by atoms with Gasteiger partial charge in [0.05, 0.1) is 6.54 Å². The fourth-order valence-electron chi connectivity index (χ4n) is 3.20. The number of nitrogens with one attached hydrogen (secondary N) is 2. The number of hydrogen-bond acceptors (Lipinski definition) is 6. The molecule has 1 aliphatic heterocycles. The highest BCUT2D eigenvalue weighted by Gasteiger charge is 2.26. The lowest BCUT2D eigenvalue weighted by atomic mass is 10.2. The fraction of sp³-hybridized carbons (Fsp3) is 0.556. The summed E-state index contributed by atoms with van der Waals surface area (Å²) < 4.78 is 2.10. The van der Waals surface area contributed by atoms with E-state index >= 15 is 0 Å². The molecule has 2 N–H and O–H groups in total. The van der Waals surface area contributed by atoms with Gasteiger partial charge >= 0.3 is 0 Å². The average molecular weight is 357 g/mol. The van der Waals surface area contributed by atoms with Crippen molar-refractivity contribution in [1.29, 1.82) is 0 Å². The third kappa shape index (κ3) is 3.55. The van der Waals surface area contributed by atoms with Gasteiger partial charge in [-0.1, -0.05) is 0 Å². The largest absolute Gasteiger partial charge is 0.355 e. The summed E-state index contributed by atoms with van der Waals surface area (Å²) in [6, 6.07) is 0.366. The number of anilines is 1. The molecule has 2 aromatic rings. The van der Waals surface area contributed by atoms with Crippen LogP contribution in [0.25, 0.3) is 0 Å². The maximum absolute atomic E-state index is 11.9. The molecule has 0 bridgehead atoms. The highest BCUT2D eigenvalue weighted by Crippen LogP contribution is 2.24. The first-order valence-corrected chi connectivity index (χ1v) is 8.93. The van der Waals surface area contributed by atoms with Gasteiger partial charge in [0, 0.05) is 56.4 Å². The van der Waals surface area contributed by atoms with Gasteiger partial charge in [0.1, 0.15) is 11.6 Å². The van der Waals surface area contributed by atoms with Gasteiger partial charge in [0.25, 0.3) is 5.91 Å². The highest BCUT2D eigenvalue weighted by molar-refractivity contribution is 5.90. The van der Waals surface area contributed by atoms with E-state index in [4.69, 9.17) is 0 Å². The molecule has 0 unspecified atom stereocenters. The first kappa shape index (κ1) is 18.3. The molecule has 0 radical (unpaired) electrons. The van der Waals surface area contributed by atoms with Gasteiger partial charge in [0.15, 0.2) is 0 Å². The van der Waals surface area contributed by atoms with Gasteiger partial charge in [-0.15, -0.1) is 0 Å². The standard InChI is InChI=1S/C18H27N7O/c1-11-8-21-15(24(11)5)9-20-14-6-7-25(10-14)17-12(2)13(3)22-16(23-17)18(26)19-4/h8,14,20H,6-7,9-10H2,1-5H3,(H,19,26)/t14-/m1/s1. The Morgan fingerprint density at radius 3 is 2.73 bits per heavy atom. The SMILES string of the molecule is CNC(=O)c1nc(C)c(C)c(N2CC[C@@H](NCc3ncc(C)n3C)C2)n1. The van der Waals surface area contributed by atoms with Gasteiger partial charge < -0.3 is 20.1 Å². The average Bonchev–Trinajstić information content (AvgIpc) is 3.22.